The second-order valence-corrected chi connectivity index (χ2v) is 16.9. The van der Waals surface area contributed by atoms with E-state index in [0.717, 1.165) is 70.1 Å². The number of hydrogen-bond acceptors (Lipinski definition) is 6. The van der Waals surface area contributed by atoms with Crippen molar-refractivity contribution in [1.82, 2.24) is 0 Å². The van der Waals surface area contributed by atoms with Gasteiger partial charge in [-0.05, 0) is 25.2 Å². The zero-order valence-electron chi connectivity index (χ0n) is 36.7. The Morgan fingerprint density at radius 3 is 0.907 bits per heavy atom. The molecule has 6 nitrogen and oxygen atoms in total. The van der Waals surface area contributed by atoms with Gasteiger partial charge in [0.2, 0.25) is 0 Å². The summed E-state index contributed by atoms with van der Waals surface area (Å²) in [5, 5.41) is 0. The highest BCUT2D eigenvalue weighted by molar-refractivity contribution is 5.71. The summed E-state index contributed by atoms with van der Waals surface area (Å²) < 4.78 is 16.6. The first-order valence-corrected chi connectivity index (χ1v) is 23.9. The van der Waals surface area contributed by atoms with Gasteiger partial charge in [-0.3, -0.25) is 14.4 Å². The molecule has 320 valence electrons. The highest BCUT2D eigenvalue weighted by Crippen LogP contribution is 2.16. The van der Waals surface area contributed by atoms with Crippen molar-refractivity contribution in [3.8, 4) is 0 Å². The Balaban J connectivity index is 4.08. The third-order valence-electron chi connectivity index (χ3n) is 10.8. The van der Waals surface area contributed by atoms with E-state index in [-0.39, 0.29) is 31.1 Å². The topological polar surface area (TPSA) is 78.9 Å². The van der Waals surface area contributed by atoms with Gasteiger partial charge in [-0.2, -0.15) is 0 Å². The van der Waals surface area contributed by atoms with E-state index in [4.69, 9.17) is 14.2 Å². The van der Waals surface area contributed by atoms with E-state index in [1.165, 1.54) is 154 Å². The summed E-state index contributed by atoms with van der Waals surface area (Å²) in [5.74, 6) is -0.0480. The Morgan fingerprint density at radius 1 is 0.352 bits per heavy atom. The standard InChI is InChI=1S/C48H92O6/c1-5-7-9-11-12-13-14-15-16-17-18-19-20-21-25-28-32-35-39-46(49)52-42-45(54-48(51)41-37-30-10-8-6-2)43-53-47(50)40-36-33-29-26-23-22-24-27-31-34-38-44(3)4/h44-45H,5-43H2,1-4H3/t45-/m1/s1. The zero-order valence-corrected chi connectivity index (χ0v) is 36.7. The molecule has 0 aromatic rings. The number of ether oxygens (including phenoxy) is 3. The van der Waals surface area contributed by atoms with Crippen molar-refractivity contribution in [3.63, 3.8) is 0 Å². The van der Waals surface area contributed by atoms with E-state index < -0.39 is 6.10 Å². The van der Waals surface area contributed by atoms with Crippen molar-refractivity contribution in [1.29, 1.82) is 0 Å². The highest BCUT2D eigenvalue weighted by atomic mass is 16.6. The highest BCUT2D eigenvalue weighted by Gasteiger charge is 2.19. The van der Waals surface area contributed by atoms with Crippen LogP contribution in [-0.4, -0.2) is 37.2 Å². The summed E-state index contributed by atoms with van der Waals surface area (Å²) in [4.78, 5) is 37.5. The third kappa shape index (κ3) is 41.6. The molecule has 0 aliphatic heterocycles. The van der Waals surface area contributed by atoms with Crippen LogP contribution in [-0.2, 0) is 28.6 Å². The summed E-state index contributed by atoms with van der Waals surface area (Å²) in [7, 11) is 0. The van der Waals surface area contributed by atoms with Crippen LogP contribution in [0, 0.1) is 5.92 Å². The summed E-state index contributed by atoms with van der Waals surface area (Å²) in [6.45, 7) is 8.92. The van der Waals surface area contributed by atoms with Gasteiger partial charge in [-0.25, -0.2) is 0 Å². The molecule has 0 fully saturated rings. The third-order valence-corrected chi connectivity index (χ3v) is 10.8. The van der Waals surface area contributed by atoms with Crippen LogP contribution >= 0.6 is 0 Å². The van der Waals surface area contributed by atoms with Crippen LogP contribution in [0.4, 0.5) is 0 Å². The van der Waals surface area contributed by atoms with Gasteiger partial charge in [-0.15, -0.1) is 0 Å². The van der Waals surface area contributed by atoms with E-state index >= 15 is 0 Å². The average Bonchev–Trinajstić information content (AvgIpc) is 3.15. The summed E-state index contributed by atoms with van der Waals surface area (Å²) in [6.07, 6.45) is 42.7. The fraction of sp³-hybridized carbons (Fsp3) is 0.938. The maximum Gasteiger partial charge on any atom is 0.306 e. The van der Waals surface area contributed by atoms with E-state index in [2.05, 4.69) is 27.7 Å². The van der Waals surface area contributed by atoms with Gasteiger partial charge in [-0.1, -0.05) is 227 Å². The molecule has 0 heterocycles. The van der Waals surface area contributed by atoms with Crippen LogP contribution < -0.4 is 0 Å². The van der Waals surface area contributed by atoms with Crippen LogP contribution in [0.5, 0.6) is 0 Å². The maximum atomic E-state index is 12.5. The van der Waals surface area contributed by atoms with Crippen molar-refractivity contribution >= 4 is 17.9 Å². The van der Waals surface area contributed by atoms with Crippen LogP contribution in [0.3, 0.4) is 0 Å². The number of rotatable bonds is 43. The molecule has 0 amide bonds. The zero-order chi connectivity index (χ0) is 39.6. The number of carbonyl (C=O) groups excluding carboxylic acids is 3. The lowest BCUT2D eigenvalue weighted by molar-refractivity contribution is -0.167. The first-order valence-electron chi connectivity index (χ1n) is 23.9. The molecule has 0 radical (unpaired) electrons. The van der Waals surface area contributed by atoms with Crippen LogP contribution in [0.25, 0.3) is 0 Å². The molecule has 0 aliphatic rings. The molecule has 0 spiro atoms. The van der Waals surface area contributed by atoms with Crippen molar-refractivity contribution in [3.05, 3.63) is 0 Å². The van der Waals surface area contributed by atoms with Gasteiger partial charge < -0.3 is 14.2 Å². The lowest BCUT2D eigenvalue weighted by atomic mass is 10.0. The summed E-state index contributed by atoms with van der Waals surface area (Å²) in [5.41, 5.74) is 0. The second-order valence-electron chi connectivity index (χ2n) is 16.9. The van der Waals surface area contributed by atoms with Gasteiger partial charge in [0.1, 0.15) is 13.2 Å². The molecular weight excluding hydrogens is 673 g/mol. The van der Waals surface area contributed by atoms with Gasteiger partial charge in [0.05, 0.1) is 0 Å². The monoisotopic (exact) mass is 765 g/mol. The Labute approximate surface area is 336 Å². The number of hydrogen-bond donors (Lipinski definition) is 0. The average molecular weight is 765 g/mol. The minimum atomic E-state index is -0.758. The SMILES string of the molecule is CCCCCCCCCCCCCCCCCCCCC(=O)OC[C@H](COC(=O)CCCCCCCCCCCCC(C)C)OC(=O)CCCCCCC. The van der Waals surface area contributed by atoms with Crippen LogP contribution in [0.2, 0.25) is 0 Å². The molecule has 0 aliphatic carbocycles. The first kappa shape index (κ1) is 52.4. The minimum Gasteiger partial charge on any atom is -0.462 e. The Hall–Kier alpha value is -1.59. The molecule has 0 aromatic carbocycles. The van der Waals surface area contributed by atoms with Gasteiger partial charge >= 0.3 is 17.9 Å². The molecule has 54 heavy (non-hydrogen) atoms. The second kappa shape index (κ2) is 42.6. The van der Waals surface area contributed by atoms with Crippen molar-refractivity contribution in [2.24, 2.45) is 5.92 Å². The fourth-order valence-electron chi connectivity index (χ4n) is 7.16. The molecule has 0 aromatic heterocycles. The largest absolute Gasteiger partial charge is 0.462 e. The quantitative estimate of drug-likeness (QED) is 0.0349. The molecule has 0 saturated heterocycles. The van der Waals surface area contributed by atoms with Gasteiger partial charge in [0, 0.05) is 19.3 Å². The van der Waals surface area contributed by atoms with Gasteiger partial charge in [0.25, 0.3) is 0 Å². The van der Waals surface area contributed by atoms with E-state index in [1.807, 2.05) is 0 Å². The predicted molar refractivity (Wildman–Crippen MR) is 229 cm³/mol. The summed E-state index contributed by atoms with van der Waals surface area (Å²) in [6, 6.07) is 0. The van der Waals surface area contributed by atoms with Crippen LogP contribution in [0.15, 0.2) is 0 Å². The fourth-order valence-corrected chi connectivity index (χ4v) is 7.16. The van der Waals surface area contributed by atoms with Crippen molar-refractivity contribution in [2.45, 2.75) is 271 Å². The lowest BCUT2D eigenvalue weighted by Crippen LogP contribution is -2.30. The molecule has 0 unspecified atom stereocenters. The molecule has 0 rings (SSSR count). The molecule has 0 bridgehead atoms. The molecule has 6 heteroatoms. The van der Waals surface area contributed by atoms with Gasteiger partial charge in [0.15, 0.2) is 6.10 Å². The Morgan fingerprint density at radius 2 is 0.611 bits per heavy atom. The van der Waals surface area contributed by atoms with Crippen molar-refractivity contribution in [2.75, 3.05) is 13.2 Å². The van der Waals surface area contributed by atoms with Crippen molar-refractivity contribution < 1.29 is 28.6 Å². The van der Waals surface area contributed by atoms with E-state index in [9.17, 15) is 14.4 Å². The number of unbranched alkanes of at least 4 members (excludes halogenated alkanes) is 30. The Kier molecular flexibility index (Phi) is 41.3. The number of esters is 3. The van der Waals surface area contributed by atoms with E-state index in [1.54, 1.807) is 0 Å². The normalized spacial score (nSPS) is 11.9. The van der Waals surface area contributed by atoms with Crippen LogP contribution in [0.1, 0.15) is 265 Å². The smallest absolute Gasteiger partial charge is 0.306 e. The number of carbonyl (C=O) groups is 3. The summed E-state index contributed by atoms with van der Waals surface area (Å²) >= 11 is 0. The van der Waals surface area contributed by atoms with E-state index in [0.29, 0.717) is 19.3 Å². The molecule has 0 N–H and O–H groups in total. The molecule has 0 saturated carbocycles. The molecular formula is C48H92O6. The first-order chi connectivity index (χ1) is 26.4. The predicted octanol–water partition coefficient (Wildman–Crippen LogP) is 15.1. The molecule has 1 atom stereocenters. The lowest BCUT2D eigenvalue weighted by Gasteiger charge is -2.18. The minimum absolute atomic E-state index is 0.0650. The Bertz CT molecular complexity index is 811. The maximum absolute atomic E-state index is 12.5.